The SMILES string of the molecule is NC(=O)c1ccccc1-c1ccc(-c2cn3cc(I)ccc3n2)cc1. The Kier molecular flexibility index (Phi) is 4.01. The predicted octanol–water partition coefficient (Wildman–Crippen LogP) is 4.37. The van der Waals surface area contributed by atoms with Crippen LogP contribution in [0.4, 0.5) is 0 Å². The molecule has 2 aromatic carbocycles. The minimum atomic E-state index is -0.422. The number of halogens is 1. The van der Waals surface area contributed by atoms with Crippen molar-refractivity contribution in [3.05, 3.63) is 82.2 Å². The number of carbonyl (C=O) groups excluding carboxylic acids is 1. The molecule has 0 unspecified atom stereocenters. The van der Waals surface area contributed by atoms with Crippen LogP contribution < -0.4 is 5.73 Å². The number of fused-ring (bicyclic) bond motifs is 1. The van der Waals surface area contributed by atoms with Crippen LogP contribution in [0.3, 0.4) is 0 Å². The van der Waals surface area contributed by atoms with Crippen molar-refractivity contribution in [2.75, 3.05) is 0 Å². The molecule has 0 atom stereocenters. The third-order valence-corrected chi connectivity index (χ3v) is 4.74. The summed E-state index contributed by atoms with van der Waals surface area (Å²) >= 11 is 2.28. The van der Waals surface area contributed by atoms with E-state index in [0.29, 0.717) is 5.56 Å². The smallest absolute Gasteiger partial charge is 0.249 e. The molecule has 0 fully saturated rings. The largest absolute Gasteiger partial charge is 0.366 e. The van der Waals surface area contributed by atoms with Crippen LogP contribution in [0.5, 0.6) is 0 Å². The molecule has 2 aromatic heterocycles. The van der Waals surface area contributed by atoms with E-state index in [9.17, 15) is 4.79 Å². The molecule has 2 N–H and O–H groups in total. The van der Waals surface area contributed by atoms with Crippen LogP contribution in [-0.4, -0.2) is 15.3 Å². The van der Waals surface area contributed by atoms with Crippen LogP contribution in [-0.2, 0) is 0 Å². The van der Waals surface area contributed by atoms with E-state index < -0.39 is 5.91 Å². The van der Waals surface area contributed by atoms with E-state index in [4.69, 9.17) is 5.73 Å². The second-order valence-electron chi connectivity index (χ2n) is 5.73. The molecule has 0 bridgehead atoms. The fourth-order valence-electron chi connectivity index (χ4n) is 2.87. The van der Waals surface area contributed by atoms with Gasteiger partial charge >= 0.3 is 0 Å². The molecular weight excluding hydrogens is 425 g/mol. The molecule has 1 amide bonds. The van der Waals surface area contributed by atoms with Crippen LogP contribution >= 0.6 is 22.6 Å². The molecule has 0 radical (unpaired) electrons. The number of benzene rings is 2. The Morgan fingerprint density at radius 3 is 2.40 bits per heavy atom. The molecule has 4 nitrogen and oxygen atoms in total. The molecule has 0 saturated heterocycles. The van der Waals surface area contributed by atoms with Crippen molar-refractivity contribution in [1.82, 2.24) is 9.38 Å². The highest BCUT2D eigenvalue weighted by atomic mass is 127. The van der Waals surface area contributed by atoms with E-state index in [1.54, 1.807) is 6.07 Å². The van der Waals surface area contributed by atoms with Crippen LogP contribution in [0, 0.1) is 3.57 Å². The van der Waals surface area contributed by atoms with Crippen LogP contribution in [0.25, 0.3) is 28.0 Å². The van der Waals surface area contributed by atoms with Crippen molar-refractivity contribution in [2.24, 2.45) is 5.73 Å². The lowest BCUT2D eigenvalue weighted by molar-refractivity contribution is 0.100. The number of imidazole rings is 1. The molecule has 4 aromatic rings. The third kappa shape index (κ3) is 3.02. The monoisotopic (exact) mass is 439 g/mol. The van der Waals surface area contributed by atoms with Crippen molar-refractivity contribution in [2.45, 2.75) is 0 Å². The Morgan fingerprint density at radius 1 is 0.920 bits per heavy atom. The number of nitrogens with two attached hydrogens (primary N) is 1. The van der Waals surface area contributed by atoms with E-state index >= 15 is 0 Å². The minimum Gasteiger partial charge on any atom is -0.366 e. The van der Waals surface area contributed by atoms with E-state index in [2.05, 4.69) is 27.6 Å². The Bertz CT molecular complexity index is 1080. The summed E-state index contributed by atoms with van der Waals surface area (Å²) in [5.41, 5.74) is 10.7. The van der Waals surface area contributed by atoms with Crippen LogP contribution in [0.15, 0.2) is 73.1 Å². The number of primary amides is 1. The number of hydrogen-bond donors (Lipinski definition) is 1. The number of nitrogens with zero attached hydrogens (tertiary/aromatic N) is 2. The van der Waals surface area contributed by atoms with Gasteiger partial charge < -0.3 is 10.1 Å². The van der Waals surface area contributed by atoms with Crippen molar-refractivity contribution in [3.8, 4) is 22.4 Å². The number of carbonyl (C=O) groups is 1. The highest BCUT2D eigenvalue weighted by Crippen LogP contribution is 2.27. The van der Waals surface area contributed by atoms with Gasteiger partial charge in [0.15, 0.2) is 0 Å². The second-order valence-corrected chi connectivity index (χ2v) is 6.97. The Balaban J connectivity index is 1.73. The second kappa shape index (κ2) is 6.33. The van der Waals surface area contributed by atoms with Crippen molar-refractivity contribution >= 4 is 34.1 Å². The Labute approximate surface area is 158 Å². The first-order chi connectivity index (χ1) is 12.1. The van der Waals surface area contributed by atoms with Crippen molar-refractivity contribution in [1.29, 1.82) is 0 Å². The zero-order valence-electron chi connectivity index (χ0n) is 13.2. The van der Waals surface area contributed by atoms with Gasteiger partial charge in [-0.25, -0.2) is 4.98 Å². The maximum Gasteiger partial charge on any atom is 0.249 e. The van der Waals surface area contributed by atoms with E-state index in [1.807, 2.05) is 71.4 Å². The highest BCUT2D eigenvalue weighted by molar-refractivity contribution is 14.1. The maximum atomic E-state index is 11.6. The fraction of sp³-hybridized carbons (Fsp3) is 0. The summed E-state index contributed by atoms with van der Waals surface area (Å²) in [7, 11) is 0. The lowest BCUT2D eigenvalue weighted by Crippen LogP contribution is -2.12. The number of hydrogen-bond acceptors (Lipinski definition) is 2. The van der Waals surface area contributed by atoms with Gasteiger partial charge in [0.1, 0.15) is 5.65 Å². The molecule has 0 aliphatic rings. The van der Waals surface area contributed by atoms with Gasteiger partial charge in [-0.2, -0.15) is 0 Å². The quantitative estimate of drug-likeness (QED) is 0.482. The number of amides is 1. The zero-order chi connectivity index (χ0) is 17.4. The molecule has 0 aliphatic carbocycles. The van der Waals surface area contributed by atoms with Gasteiger partial charge in [-0.1, -0.05) is 42.5 Å². The summed E-state index contributed by atoms with van der Waals surface area (Å²) in [5.74, 6) is -0.422. The van der Waals surface area contributed by atoms with Crippen LogP contribution in [0.1, 0.15) is 10.4 Å². The molecule has 5 heteroatoms. The van der Waals surface area contributed by atoms with Gasteiger partial charge in [0.05, 0.1) is 5.69 Å². The summed E-state index contributed by atoms with van der Waals surface area (Å²) in [5, 5.41) is 0. The van der Waals surface area contributed by atoms with Gasteiger partial charge in [0.2, 0.25) is 5.91 Å². The standard InChI is InChI=1S/C20H14IN3O/c21-15-9-10-19-23-18(12-24(19)11-15)14-7-5-13(6-8-14)16-3-1-2-4-17(16)20(22)25/h1-12H,(H2,22,25). The summed E-state index contributed by atoms with van der Waals surface area (Å²) < 4.78 is 3.18. The third-order valence-electron chi connectivity index (χ3n) is 4.10. The summed E-state index contributed by atoms with van der Waals surface area (Å²) in [6.07, 6.45) is 4.06. The molecule has 0 saturated carbocycles. The van der Waals surface area contributed by atoms with E-state index in [1.165, 1.54) is 0 Å². The topological polar surface area (TPSA) is 60.4 Å². The average molecular weight is 439 g/mol. The molecular formula is C20H14IN3O. The highest BCUT2D eigenvalue weighted by Gasteiger charge is 2.10. The zero-order valence-corrected chi connectivity index (χ0v) is 15.3. The summed E-state index contributed by atoms with van der Waals surface area (Å²) in [4.78, 5) is 16.3. The number of pyridine rings is 1. The van der Waals surface area contributed by atoms with Gasteiger partial charge in [-0.3, -0.25) is 4.79 Å². The predicted molar refractivity (Wildman–Crippen MR) is 107 cm³/mol. The lowest BCUT2D eigenvalue weighted by Gasteiger charge is -2.07. The first-order valence-electron chi connectivity index (χ1n) is 7.76. The molecule has 4 rings (SSSR count). The van der Waals surface area contributed by atoms with Gasteiger partial charge in [-0.15, -0.1) is 0 Å². The van der Waals surface area contributed by atoms with Crippen LogP contribution in [0.2, 0.25) is 0 Å². The molecule has 25 heavy (non-hydrogen) atoms. The molecule has 2 heterocycles. The molecule has 0 spiro atoms. The summed E-state index contributed by atoms with van der Waals surface area (Å²) in [6, 6.07) is 19.4. The fourth-order valence-corrected chi connectivity index (χ4v) is 3.35. The van der Waals surface area contributed by atoms with E-state index in [0.717, 1.165) is 31.6 Å². The molecule has 0 aliphatic heterocycles. The van der Waals surface area contributed by atoms with Crippen molar-refractivity contribution < 1.29 is 4.79 Å². The Hall–Kier alpha value is -2.67. The number of aromatic nitrogens is 2. The van der Waals surface area contributed by atoms with Gasteiger partial charge in [-0.05, 0) is 51.9 Å². The average Bonchev–Trinajstić information content (AvgIpc) is 3.05. The normalized spacial score (nSPS) is 10.9. The lowest BCUT2D eigenvalue weighted by atomic mass is 9.98. The van der Waals surface area contributed by atoms with Gasteiger partial charge in [0, 0.05) is 27.1 Å². The number of rotatable bonds is 3. The first-order valence-corrected chi connectivity index (χ1v) is 8.83. The van der Waals surface area contributed by atoms with Crippen molar-refractivity contribution in [3.63, 3.8) is 0 Å². The van der Waals surface area contributed by atoms with E-state index in [-0.39, 0.29) is 0 Å². The minimum absolute atomic E-state index is 0.422. The Morgan fingerprint density at radius 2 is 1.64 bits per heavy atom. The molecule has 122 valence electrons. The summed E-state index contributed by atoms with van der Waals surface area (Å²) in [6.45, 7) is 0. The maximum absolute atomic E-state index is 11.6. The van der Waals surface area contributed by atoms with Gasteiger partial charge in [0.25, 0.3) is 0 Å². The first kappa shape index (κ1) is 15.8.